The van der Waals surface area contributed by atoms with E-state index in [-0.39, 0.29) is 12.2 Å². The highest BCUT2D eigenvalue weighted by Crippen LogP contribution is 2.31. The topological polar surface area (TPSA) is 80.8 Å². The number of benzene rings is 1. The molecule has 1 aromatic carbocycles. The first kappa shape index (κ1) is 17.2. The van der Waals surface area contributed by atoms with Crippen molar-refractivity contribution in [2.24, 2.45) is 0 Å². The average molecular weight is 407 g/mol. The third-order valence-corrected chi connectivity index (χ3v) is 5.66. The molecule has 6 nitrogen and oxygen atoms in total. The van der Waals surface area contributed by atoms with Gasteiger partial charge in [-0.05, 0) is 31.5 Å². The second-order valence-corrected chi connectivity index (χ2v) is 7.77. The molecular formula is C17H12Cl2N4O2S. The highest BCUT2D eigenvalue weighted by molar-refractivity contribution is 7.18. The number of nitrogens with zero attached hydrogens (tertiary/aromatic N) is 3. The first-order valence-corrected chi connectivity index (χ1v) is 9.22. The smallest absolute Gasteiger partial charge is 0.260 e. The fraction of sp³-hybridized carbons (Fsp3) is 0.176. The number of ether oxygens (including phenoxy) is 1. The Morgan fingerprint density at radius 3 is 2.85 bits per heavy atom. The van der Waals surface area contributed by atoms with Crippen LogP contribution >= 0.6 is 34.5 Å². The summed E-state index contributed by atoms with van der Waals surface area (Å²) in [5.74, 6) is 0.740. The number of rotatable bonds is 3. The van der Waals surface area contributed by atoms with Crippen LogP contribution in [0.1, 0.15) is 16.3 Å². The van der Waals surface area contributed by atoms with Gasteiger partial charge in [0.05, 0.1) is 21.3 Å². The lowest BCUT2D eigenvalue weighted by atomic mass is 10.2. The Kier molecular flexibility index (Phi) is 4.30. The van der Waals surface area contributed by atoms with Crippen molar-refractivity contribution in [3.05, 3.63) is 55.1 Å². The van der Waals surface area contributed by atoms with Crippen LogP contribution in [0.2, 0.25) is 10.0 Å². The van der Waals surface area contributed by atoms with Crippen LogP contribution in [-0.2, 0) is 6.61 Å². The number of hydrogen-bond donors (Lipinski definition) is 1. The number of aryl methyl sites for hydroxylation is 2. The van der Waals surface area contributed by atoms with E-state index in [0.717, 1.165) is 10.4 Å². The molecular weight excluding hydrogens is 395 g/mol. The fourth-order valence-electron chi connectivity index (χ4n) is 2.69. The Bertz CT molecular complexity index is 1220. The molecule has 0 aliphatic heterocycles. The first-order valence-electron chi connectivity index (χ1n) is 7.65. The van der Waals surface area contributed by atoms with Crippen LogP contribution in [0.15, 0.2) is 23.3 Å². The molecule has 3 heterocycles. The summed E-state index contributed by atoms with van der Waals surface area (Å²) in [6.07, 6.45) is 1.36. The Balaban J connectivity index is 1.71. The van der Waals surface area contributed by atoms with Crippen LogP contribution in [0.5, 0.6) is 5.88 Å². The van der Waals surface area contributed by atoms with Gasteiger partial charge in [0.15, 0.2) is 0 Å². The van der Waals surface area contributed by atoms with Crippen LogP contribution in [0.25, 0.3) is 21.1 Å². The van der Waals surface area contributed by atoms with Gasteiger partial charge in [0.2, 0.25) is 5.88 Å². The van der Waals surface area contributed by atoms with E-state index in [2.05, 4.69) is 19.9 Å². The summed E-state index contributed by atoms with van der Waals surface area (Å²) in [7, 11) is 0. The molecule has 4 rings (SSSR count). The molecule has 0 aliphatic rings. The SMILES string of the molecule is Cc1sc2nc(COc3ncnc4c(Cl)cc(Cl)cc34)[nH]c(=O)c2c1C. The quantitative estimate of drug-likeness (QED) is 0.544. The summed E-state index contributed by atoms with van der Waals surface area (Å²) in [4.78, 5) is 29.7. The lowest BCUT2D eigenvalue weighted by Gasteiger charge is -2.08. The molecule has 0 unspecified atom stereocenters. The van der Waals surface area contributed by atoms with Gasteiger partial charge in [-0.3, -0.25) is 4.79 Å². The molecule has 0 aliphatic carbocycles. The van der Waals surface area contributed by atoms with Gasteiger partial charge in [-0.2, -0.15) is 0 Å². The van der Waals surface area contributed by atoms with E-state index < -0.39 is 0 Å². The molecule has 132 valence electrons. The minimum absolute atomic E-state index is 0.0530. The standard InChI is InChI=1S/C17H12Cl2N4O2S/c1-7-8(2)26-17-13(7)15(24)22-12(23-17)5-25-16-10-3-9(18)4-11(19)14(10)20-6-21-16/h3-4,6H,5H2,1-2H3,(H,22,23,24). The lowest BCUT2D eigenvalue weighted by molar-refractivity contribution is 0.288. The van der Waals surface area contributed by atoms with Crippen molar-refractivity contribution in [3.63, 3.8) is 0 Å². The normalized spacial score (nSPS) is 11.4. The van der Waals surface area contributed by atoms with Gasteiger partial charge in [-0.15, -0.1) is 11.3 Å². The fourth-order valence-corrected chi connectivity index (χ4v) is 4.28. The summed E-state index contributed by atoms with van der Waals surface area (Å²) >= 11 is 13.7. The summed E-state index contributed by atoms with van der Waals surface area (Å²) in [6.45, 7) is 3.94. The van der Waals surface area contributed by atoms with Crippen molar-refractivity contribution in [2.45, 2.75) is 20.5 Å². The van der Waals surface area contributed by atoms with Crippen molar-refractivity contribution >= 4 is 55.7 Å². The maximum Gasteiger partial charge on any atom is 0.260 e. The van der Waals surface area contributed by atoms with Gasteiger partial charge in [0.1, 0.15) is 23.6 Å². The third kappa shape index (κ3) is 2.92. The van der Waals surface area contributed by atoms with Crippen LogP contribution in [0.3, 0.4) is 0 Å². The van der Waals surface area contributed by atoms with Gasteiger partial charge in [-0.1, -0.05) is 23.2 Å². The Morgan fingerprint density at radius 2 is 2.04 bits per heavy atom. The predicted molar refractivity (Wildman–Crippen MR) is 104 cm³/mol. The van der Waals surface area contributed by atoms with Crippen molar-refractivity contribution in [2.75, 3.05) is 0 Å². The van der Waals surface area contributed by atoms with E-state index in [1.807, 2.05) is 13.8 Å². The molecule has 1 N–H and O–H groups in total. The molecule has 0 amide bonds. The zero-order valence-corrected chi connectivity index (χ0v) is 16.1. The molecule has 4 aromatic rings. The molecule has 0 fully saturated rings. The first-order chi connectivity index (χ1) is 12.4. The Hall–Kier alpha value is -2.22. The van der Waals surface area contributed by atoms with E-state index in [4.69, 9.17) is 27.9 Å². The molecule has 26 heavy (non-hydrogen) atoms. The number of fused-ring (bicyclic) bond motifs is 2. The predicted octanol–water partition coefficient (Wildman–Crippen LogP) is 4.43. The number of aromatic nitrogens is 4. The number of thiophene rings is 1. The summed E-state index contributed by atoms with van der Waals surface area (Å²) in [6, 6.07) is 3.29. The average Bonchev–Trinajstić information content (AvgIpc) is 2.87. The van der Waals surface area contributed by atoms with Crippen molar-refractivity contribution in [1.82, 2.24) is 19.9 Å². The van der Waals surface area contributed by atoms with Gasteiger partial charge in [-0.25, -0.2) is 15.0 Å². The molecule has 0 saturated carbocycles. The molecule has 0 bridgehead atoms. The summed E-state index contributed by atoms with van der Waals surface area (Å²) in [5.41, 5.74) is 1.33. The maximum absolute atomic E-state index is 12.3. The van der Waals surface area contributed by atoms with Crippen molar-refractivity contribution in [3.8, 4) is 5.88 Å². The van der Waals surface area contributed by atoms with Crippen molar-refractivity contribution in [1.29, 1.82) is 0 Å². The zero-order valence-electron chi connectivity index (χ0n) is 13.8. The Morgan fingerprint density at radius 1 is 1.23 bits per heavy atom. The van der Waals surface area contributed by atoms with Crippen LogP contribution < -0.4 is 10.3 Å². The lowest BCUT2D eigenvalue weighted by Crippen LogP contribution is -2.13. The number of hydrogen-bond acceptors (Lipinski definition) is 6. The van der Waals surface area contributed by atoms with E-state index >= 15 is 0 Å². The molecule has 0 saturated heterocycles. The minimum atomic E-state index is -0.172. The summed E-state index contributed by atoms with van der Waals surface area (Å²) < 4.78 is 5.76. The van der Waals surface area contributed by atoms with E-state index in [0.29, 0.717) is 42.9 Å². The van der Waals surface area contributed by atoms with E-state index in [1.54, 1.807) is 12.1 Å². The van der Waals surface area contributed by atoms with E-state index in [1.165, 1.54) is 17.7 Å². The van der Waals surface area contributed by atoms with Gasteiger partial charge >= 0.3 is 0 Å². The van der Waals surface area contributed by atoms with Crippen LogP contribution in [-0.4, -0.2) is 19.9 Å². The number of aromatic amines is 1. The van der Waals surface area contributed by atoms with Gasteiger partial charge < -0.3 is 9.72 Å². The van der Waals surface area contributed by atoms with Crippen molar-refractivity contribution < 1.29 is 4.74 Å². The minimum Gasteiger partial charge on any atom is -0.469 e. The molecule has 0 atom stereocenters. The van der Waals surface area contributed by atoms with E-state index in [9.17, 15) is 4.79 Å². The number of H-pyrrole nitrogens is 1. The highest BCUT2D eigenvalue weighted by atomic mass is 35.5. The molecule has 9 heteroatoms. The summed E-state index contributed by atoms with van der Waals surface area (Å²) in [5, 5.41) is 2.09. The van der Waals surface area contributed by atoms with Crippen LogP contribution in [0.4, 0.5) is 0 Å². The number of halogens is 2. The molecule has 0 radical (unpaired) electrons. The second-order valence-electron chi connectivity index (χ2n) is 5.73. The van der Waals surface area contributed by atoms with Crippen LogP contribution in [0, 0.1) is 13.8 Å². The second kappa shape index (κ2) is 6.50. The molecule has 0 spiro atoms. The monoisotopic (exact) mass is 406 g/mol. The zero-order chi connectivity index (χ0) is 18.4. The molecule has 3 aromatic heterocycles. The third-order valence-electron chi connectivity index (χ3n) is 4.05. The Labute approximate surface area is 161 Å². The maximum atomic E-state index is 12.3. The highest BCUT2D eigenvalue weighted by Gasteiger charge is 2.14. The largest absolute Gasteiger partial charge is 0.469 e. The number of nitrogens with one attached hydrogen (secondary N) is 1. The van der Waals surface area contributed by atoms with Gasteiger partial charge in [0.25, 0.3) is 5.56 Å². The van der Waals surface area contributed by atoms with Gasteiger partial charge in [0, 0.05) is 9.90 Å².